The first-order chi connectivity index (χ1) is 15.9. The Balaban J connectivity index is 1.57. The van der Waals surface area contributed by atoms with E-state index in [-0.39, 0.29) is 11.9 Å². The highest BCUT2D eigenvalue weighted by Gasteiger charge is 2.28. The van der Waals surface area contributed by atoms with Gasteiger partial charge in [0.2, 0.25) is 0 Å². The molecule has 0 aromatic heterocycles. The molecule has 170 valence electrons. The van der Waals surface area contributed by atoms with Gasteiger partial charge in [0.25, 0.3) is 5.91 Å². The average Bonchev–Trinajstić information content (AvgIpc) is 2.82. The highest BCUT2D eigenvalue weighted by molar-refractivity contribution is 6.30. The number of carbonyl (C=O) groups is 2. The lowest BCUT2D eigenvalue weighted by molar-refractivity contribution is 0.102. The number of halogens is 1. The molecule has 0 saturated carbocycles. The van der Waals surface area contributed by atoms with Crippen LogP contribution in [-0.4, -0.2) is 37.0 Å². The van der Waals surface area contributed by atoms with Crippen molar-refractivity contribution < 1.29 is 14.3 Å². The standard InChI is InChI=1S/C26H26ClN3O3/c1-18-7-12-24(23(15-18)28-25(31)20-5-3-6-22(16-20)33-2)30-14-4-13-29(26(30)32)17-19-8-10-21(27)11-9-19/h3,5-12,15-16H,4,13-14,17H2,1-2H3,(H,28,31). The molecular weight excluding hydrogens is 438 g/mol. The summed E-state index contributed by atoms with van der Waals surface area (Å²) < 4.78 is 5.23. The predicted octanol–water partition coefficient (Wildman–Crippen LogP) is 5.74. The van der Waals surface area contributed by atoms with Crippen molar-refractivity contribution in [2.45, 2.75) is 19.9 Å². The zero-order chi connectivity index (χ0) is 23.4. The van der Waals surface area contributed by atoms with Crippen LogP contribution in [-0.2, 0) is 6.54 Å². The fraction of sp³-hybridized carbons (Fsp3) is 0.231. The first-order valence-electron chi connectivity index (χ1n) is 10.8. The van der Waals surface area contributed by atoms with Crippen LogP contribution in [0.1, 0.15) is 27.9 Å². The topological polar surface area (TPSA) is 61.9 Å². The molecule has 0 aliphatic carbocycles. The van der Waals surface area contributed by atoms with Gasteiger partial charge >= 0.3 is 6.03 Å². The van der Waals surface area contributed by atoms with Gasteiger partial charge in [0, 0.05) is 30.2 Å². The van der Waals surface area contributed by atoms with E-state index < -0.39 is 0 Å². The maximum Gasteiger partial charge on any atom is 0.324 e. The molecule has 6 nitrogen and oxygen atoms in total. The number of anilines is 2. The minimum Gasteiger partial charge on any atom is -0.497 e. The number of rotatable bonds is 6. The Bertz CT molecular complexity index is 1160. The van der Waals surface area contributed by atoms with Gasteiger partial charge in [-0.25, -0.2) is 4.79 Å². The normalized spacial score (nSPS) is 13.7. The van der Waals surface area contributed by atoms with E-state index in [1.807, 2.05) is 54.3 Å². The maximum absolute atomic E-state index is 13.4. The third-order valence-electron chi connectivity index (χ3n) is 5.62. The molecule has 0 radical (unpaired) electrons. The van der Waals surface area contributed by atoms with E-state index in [9.17, 15) is 9.59 Å². The van der Waals surface area contributed by atoms with Crippen molar-refractivity contribution in [1.82, 2.24) is 4.90 Å². The first kappa shape index (κ1) is 22.7. The first-order valence-corrected chi connectivity index (χ1v) is 11.2. The number of methoxy groups -OCH3 is 1. The van der Waals surface area contributed by atoms with Crippen LogP contribution < -0.4 is 15.0 Å². The molecule has 1 aliphatic rings. The molecule has 1 fully saturated rings. The van der Waals surface area contributed by atoms with Crippen molar-refractivity contribution in [2.75, 3.05) is 30.4 Å². The van der Waals surface area contributed by atoms with Crippen LogP contribution in [0.25, 0.3) is 0 Å². The van der Waals surface area contributed by atoms with E-state index >= 15 is 0 Å². The Morgan fingerprint density at radius 2 is 1.85 bits per heavy atom. The van der Waals surface area contributed by atoms with Gasteiger partial charge in [-0.1, -0.05) is 35.9 Å². The molecule has 3 aromatic rings. The summed E-state index contributed by atoms with van der Waals surface area (Å²) in [5, 5.41) is 3.65. The van der Waals surface area contributed by atoms with E-state index in [0.29, 0.717) is 47.3 Å². The Kier molecular flexibility index (Phi) is 6.84. The summed E-state index contributed by atoms with van der Waals surface area (Å²) in [6.07, 6.45) is 0.830. The van der Waals surface area contributed by atoms with Crippen LogP contribution in [0.15, 0.2) is 66.7 Å². The second-order valence-electron chi connectivity index (χ2n) is 8.04. The molecule has 0 atom stereocenters. The summed E-state index contributed by atoms with van der Waals surface area (Å²) >= 11 is 5.99. The minimum absolute atomic E-state index is 0.0862. The second-order valence-corrected chi connectivity index (χ2v) is 8.48. The summed E-state index contributed by atoms with van der Waals surface area (Å²) in [7, 11) is 1.56. The van der Waals surface area contributed by atoms with E-state index in [1.54, 1.807) is 36.3 Å². The highest BCUT2D eigenvalue weighted by Crippen LogP contribution is 2.31. The van der Waals surface area contributed by atoms with Crippen molar-refractivity contribution in [3.05, 3.63) is 88.4 Å². The molecule has 1 N–H and O–H groups in total. The van der Waals surface area contributed by atoms with Gasteiger partial charge < -0.3 is 15.0 Å². The van der Waals surface area contributed by atoms with Crippen molar-refractivity contribution in [3.63, 3.8) is 0 Å². The minimum atomic E-state index is -0.261. The average molecular weight is 464 g/mol. The third kappa shape index (κ3) is 5.29. The molecule has 3 amide bonds. The van der Waals surface area contributed by atoms with Gasteiger partial charge in [-0.15, -0.1) is 0 Å². The quantitative estimate of drug-likeness (QED) is 0.507. The third-order valence-corrected chi connectivity index (χ3v) is 5.87. The number of hydrogen-bond acceptors (Lipinski definition) is 3. The van der Waals surface area contributed by atoms with Crippen molar-refractivity contribution in [3.8, 4) is 5.75 Å². The van der Waals surface area contributed by atoms with Gasteiger partial charge in [0.1, 0.15) is 5.75 Å². The van der Waals surface area contributed by atoms with E-state index in [4.69, 9.17) is 16.3 Å². The van der Waals surface area contributed by atoms with E-state index in [0.717, 1.165) is 17.5 Å². The van der Waals surface area contributed by atoms with Gasteiger partial charge in [-0.2, -0.15) is 0 Å². The van der Waals surface area contributed by atoms with Crippen LogP contribution >= 0.6 is 11.6 Å². The lowest BCUT2D eigenvalue weighted by atomic mass is 10.1. The highest BCUT2D eigenvalue weighted by atomic mass is 35.5. The fourth-order valence-electron chi connectivity index (χ4n) is 3.91. The largest absolute Gasteiger partial charge is 0.497 e. The molecule has 0 spiro atoms. The summed E-state index contributed by atoms with van der Waals surface area (Å²) in [6.45, 7) is 3.72. The molecule has 1 aliphatic heterocycles. The fourth-order valence-corrected chi connectivity index (χ4v) is 4.03. The zero-order valence-corrected chi connectivity index (χ0v) is 19.4. The summed E-state index contributed by atoms with van der Waals surface area (Å²) in [5.74, 6) is 0.347. The number of hydrogen-bond donors (Lipinski definition) is 1. The zero-order valence-electron chi connectivity index (χ0n) is 18.7. The number of carbonyl (C=O) groups excluding carboxylic acids is 2. The van der Waals surface area contributed by atoms with Gasteiger partial charge in [-0.3, -0.25) is 9.69 Å². The van der Waals surface area contributed by atoms with Crippen molar-refractivity contribution >= 4 is 34.9 Å². The molecule has 1 saturated heterocycles. The lowest BCUT2D eigenvalue weighted by Crippen LogP contribution is -2.49. The van der Waals surface area contributed by atoms with Crippen LogP contribution in [0.2, 0.25) is 5.02 Å². The predicted molar refractivity (Wildman–Crippen MR) is 131 cm³/mol. The summed E-state index contributed by atoms with van der Waals surface area (Å²) in [4.78, 5) is 29.9. The number of urea groups is 1. The molecule has 0 bridgehead atoms. The molecule has 0 unspecified atom stereocenters. The number of nitrogens with zero attached hydrogens (tertiary/aromatic N) is 2. The van der Waals surface area contributed by atoms with Crippen LogP contribution in [0.3, 0.4) is 0 Å². The smallest absolute Gasteiger partial charge is 0.324 e. The van der Waals surface area contributed by atoms with Crippen LogP contribution in [0.5, 0.6) is 5.75 Å². The SMILES string of the molecule is COc1cccc(C(=O)Nc2cc(C)ccc2N2CCCN(Cc3ccc(Cl)cc3)C2=O)c1. The molecule has 33 heavy (non-hydrogen) atoms. The Morgan fingerprint density at radius 1 is 1.06 bits per heavy atom. The van der Waals surface area contributed by atoms with Crippen molar-refractivity contribution in [1.29, 1.82) is 0 Å². The molecule has 1 heterocycles. The summed E-state index contributed by atoms with van der Waals surface area (Å²) in [6, 6.07) is 20.1. The Morgan fingerprint density at radius 3 is 2.61 bits per heavy atom. The molecule has 7 heteroatoms. The number of benzene rings is 3. The van der Waals surface area contributed by atoms with E-state index in [1.165, 1.54) is 0 Å². The Labute approximate surface area is 198 Å². The van der Waals surface area contributed by atoms with Gasteiger partial charge in [-0.05, 0) is 66.9 Å². The van der Waals surface area contributed by atoms with Gasteiger partial charge in [0.05, 0.1) is 18.5 Å². The monoisotopic (exact) mass is 463 g/mol. The Hall–Kier alpha value is -3.51. The molecule has 4 rings (SSSR count). The van der Waals surface area contributed by atoms with Crippen molar-refractivity contribution in [2.24, 2.45) is 0 Å². The van der Waals surface area contributed by atoms with Crippen LogP contribution in [0, 0.1) is 6.92 Å². The van der Waals surface area contributed by atoms with Gasteiger partial charge in [0.15, 0.2) is 0 Å². The maximum atomic E-state index is 13.4. The lowest BCUT2D eigenvalue weighted by Gasteiger charge is -2.36. The number of ether oxygens (including phenoxy) is 1. The molecule has 3 aromatic carbocycles. The number of amides is 3. The number of nitrogens with one attached hydrogen (secondary N) is 1. The second kappa shape index (κ2) is 9.96. The van der Waals surface area contributed by atoms with E-state index in [2.05, 4.69) is 5.32 Å². The summed E-state index contributed by atoms with van der Waals surface area (Å²) in [5.41, 5.74) is 3.77. The van der Waals surface area contributed by atoms with Crippen LogP contribution in [0.4, 0.5) is 16.2 Å². The molecular formula is C26H26ClN3O3. The number of aryl methyl sites for hydroxylation is 1.